The number of methoxy groups -OCH3 is 3. The molecule has 0 radical (unpaired) electrons. The van der Waals surface area contributed by atoms with Crippen LogP contribution in [0.1, 0.15) is 11.1 Å². The van der Waals surface area contributed by atoms with E-state index in [4.69, 9.17) is 19.3 Å². The van der Waals surface area contributed by atoms with Gasteiger partial charge in [-0.15, -0.1) is 0 Å². The Morgan fingerprint density at radius 3 is 1.77 bits per heavy atom. The predicted octanol–water partition coefficient (Wildman–Crippen LogP) is 4.20. The van der Waals surface area contributed by atoms with E-state index in [-0.39, 0.29) is 16.4 Å². The molecular weight excluding hydrogens is 402 g/mol. The molecule has 156 valence electrons. The van der Waals surface area contributed by atoms with Crippen LogP contribution in [0, 0.1) is 0 Å². The molecule has 2 N–H and O–H groups in total. The number of nitrogens with two attached hydrogens (primary N) is 1. The molecule has 0 aliphatic rings. The molecule has 0 heterocycles. The summed E-state index contributed by atoms with van der Waals surface area (Å²) in [5.74, 6) is 0.483. The summed E-state index contributed by atoms with van der Waals surface area (Å²) in [7, 11) is 0.0850. The maximum atomic E-state index is 12.7. The number of hydrogen-bond acceptors (Lipinski definition) is 5. The molecule has 0 atom stereocenters. The lowest BCUT2D eigenvalue weighted by atomic mass is 9.96. The molecule has 0 fully saturated rings. The number of primary sulfonamides is 1. The Hall–Kier alpha value is -3.29. The highest BCUT2D eigenvalue weighted by molar-refractivity contribution is 7.89. The molecule has 3 rings (SSSR count). The van der Waals surface area contributed by atoms with E-state index < -0.39 is 10.0 Å². The van der Waals surface area contributed by atoms with E-state index in [2.05, 4.69) is 0 Å². The number of sulfonamides is 1. The van der Waals surface area contributed by atoms with Gasteiger partial charge < -0.3 is 14.2 Å². The Morgan fingerprint density at radius 1 is 0.733 bits per heavy atom. The largest absolute Gasteiger partial charge is 0.492 e. The lowest BCUT2D eigenvalue weighted by Gasteiger charge is -2.22. The number of ether oxygens (including phenoxy) is 3. The van der Waals surface area contributed by atoms with Crippen LogP contribution in [-0.2, 0) is 10.0 Å². The summed E-state index contributed by atoms with van der Waals surface area (Å²) in [4.78, 5) is -0.165. The molecule has 0 saturated carbocycles. The third-order valence-corrected chi connectivity index (χ3v) is 5.52. The molecule has 0 aliphatic carbocycles. The zero-order chi connectivity index (χ0) is 21.7. The molecule has 7 heteroatoms. The molecule has 0 unspecified atom stereocenters. The first-order valence-electron chi connectivity index (χ1n) is 9.09. The fourth-order valence-electron chi connectivity index (χ4n) is 3.32. The van der Waals surface area contributed by atoms with E-state index in [0.717, 1.165) is 5.56 Å². The predicted molar refractivity (Wildman–Crippen MR) is 118 cm³/mol. The van der Waals surface area contributed by atoms with Crippen LogP contribution >= 0.6 is 0 Å². The van der Waals surface area contributed by atoms with Crippen LogP contribution in [-0.4, -0.2) is 29.7 Å². The Labute approximate surface area is 176 Å². The first-order chi connectivity index (χ1) is 14.4. The normalized spacial score (nSPS) is 11.5. The maximum absolute atomic E-state index is 12.7. The molecule has 3 aromatic carbocycles. The van der Waals surface area contributed by atoms with Crippen molar-refractivity contribution < 1.29 is 22.6 Å². The molecule has 0 bridgehead atoms. The van der Waals surface area contributed by atoms with E-state index in [1.807, 2.05) is 54.6 Å². The zero-order valence-corrected chi connectivity index (χ0v) is 17.8. The maximum Gasteiger partial charge on any atom is 0.242 e. The Bertz CT molecular complexity index is 1160. The topological polar surface area (TPSA) is 87.9 Å². The summed E-state index contributed by atoms with van der Waals surface area (Å²) in [6.07, 6.45) is 3.65. The standard InChI is InChI=1S/C23H23NO5S/c1-27-20-18(15-14-16-10-6-4-7-11-16)19(17-12-8-5-9-13-17)23(30(24,25)26)22(29-3)21(20)28-2/h4-15H,1-3H3,(H2,24,25,26)/b15-14-. The lowest BCUT2D eigenvalue weighted by molar-refractivity contribution is 0.318. The van der Waals surface area contributed by atoms with Crippen molar-refractivity contribution in [3.8, 4) is 28.4 Å². The zero-order valence-electron chi connectivity index (χ0n) is 17.0. The van der Waals surface area contributed by atoms with E-state index in [9.17, 15) is 8.42 Å². The van der Waals surface area contributed by atoms with Crippen molar-refractivity contribution in [3.05, 3.63) is 71.8 Å². The van der Waals surface area contributed by atoms with Gasteiger partial charge in [0.2, 0.25) is 15.8 Å². The third-order valence-electron chi connectivity index (χ3n) is 4.56. The van der Waals surface area contributed by atoms with Crippen molar-refractivity contribution in [1.29, 1.82) is 0 Å². The molecular formula is C23H23NO5S. The third kappa shape index (κ3) is 4.17. The van der Waals surface area contributed by atoms with Crippen molar-refractivity contribution in [3.63, 3.8) is 0 Å². The van der Waals surface area contributed by atoms with Crippen LogP contribution < -0.4 is 19.3 Å². The van der Waals surface area contributed by atoms with Gasteiger partial charge in [0.1, 0.15) is 4.90 Å². The monoisotopic (exact) mass is 425 g/mol. The van der Waals surface area contributed by atoms with Crippen LogP contribution in [0.4, 0.5) is 0 Å². The smallest absolute Gasteiger partial charge is 0.242 e. The Balaban J connectivity index is 2.48. The van der Waals surface area contributed by atoms with Crippen molar-refractivity contribution >= 4 is 22.2 Å². The van der Waals surface area contributed by atoms with E-state index >= 15 is 0 Å². The summed E-state index contributed by atoms with van der Waals surface area (Å²) in [5.41, 5.74) is 2.47. The minimum atomic E-state index is -4.18. The highest BCUT2D eigenvalue weighted by Crippen LogP contribution is 2.51. The van der Waals surface area contributed by atoms with Crippen LogP contribution in [0.5, 0.6) is 17.2 Å². The molecule has 0 saturated heterocycles. The number of rotatable bonds is 7. The van der Waals surface area contributed by atoms with Crippen LogP contribution in [0.3, 0.4) is 0 Å². The highest BCUT2D eigenvalue weighted by atomic mass is 32.2. The van der Waals surface area contributed by atoms with Crippen molar-refractivity contribution in [2.45, 2.75) is 4.90 Å². The summed E-state index contributed by atoms with van der Waals surface area (Å²) >= 11 is 0. The van der Waals surface area contributed by atoms with Gasteiger partial charge in [-0.25, -0.2) is 13.6 Å². The first-order valence-corrected chi connectivity index (χ1v) is 10.6. The average Bonchev–Trinajstić information content (AvgIpc) is 2.76. The average molecular weight is 426 g/mol. The van der Waals surface area contributed by atoms with E-state index in [1.54, 1.807) is 18.2 Å². The quantitative estimate of drug-likeness (QED) is 0.573. The van der Waals surface area contributed by atoms with Crippen molar-refractivity contribution in [2.75, 3.05) is 21.3 Å². The molecule has 0 aromatic heterocycles. The van der Waals surface area contributed by atoms with Gasteiger partial charge in [0.25, 0.3) is 0 Å². The summed E-state index contributed by atoms with van der Waals surface area (Å²) in [6, 6.07) is 18.7. The number of benzene rings is 3. The molecule has 30 heavy (non-hydrogen) atoms. The molecule has 0 aliphatic heterocycles. The minimum absolute atomic E-state index is 0.00689. The fourth-order valence-corrected chi connectivity index (χ4v) is 4.26. The van der Waals surface area contributed by atoms with Gasteiger partial charge in [-0.2, -0.15) is 0 Å². The van der Waals surface area contributed by atoms with Gasteiger partial charge in [-0.3, -0.25) is 0 Å². The second-order valence-corrected chi connectivity index (χ2v) is 7.87. The summed E-state index contributed by atoms with van der Waals surface area (Å²) in [6.45, 7) is 0. The van der Waals surface area contributed by atoms with Crippen LogP contribution in [0.2, 0.25) is 0 Å². The van der Waals surface area contributed by atoms with Gasteiger partial charge in [0.05, 0.1) is 21.3 Å². The van der Waals surface area contributed by atoms with Gasteiger partial charge in [-0.1, -0.05) is 66.7 Å². The summed E-state index contributed by atoms with van der Waals surface area (Å²) < 4.78 is 41.9. The number of hydrogen-bond donors (Lipinski definition) is 1. The fraction of sp³-hybridized carbons (Fsp3) is 0.130. The van der Waals surface area contributed by atoms with E-state index in [0.29, 0.717) is 22.4 Å². The Morgan fingerprint density at radius 2 is 1.27 bits per heavy atom. The van der Waals surface area contributed by atoms with Crippen LogP contribution in [0.25, 0.3) is 23.3 Å². The molecule has 0 spiro atoms. The van der Waals surface area contributed by atoms with Crippen LogP contribution in [0.15, 0.2) is 65.6 Å². The SMILES string of the molecule is COc1c(/C=C\c2ccccc2)c(-c2ccccc2)c(S(N)(=O)=O)c(OC)c1OC. The molecule has 0 amide bonds. The van der Waals surface area contributed by atoms with Gasteiger partial charge >= 0.3 is 0 Å². The van der Waals surface area contributed by atoms with Crippen molar-refractivity contribution in [2.24, 2.45) is 5.14 Å². The van der Waals surface area contributed by atoms with Crippen molar-refractivity contribution in [1.82, 2.24) is 0 Å². The molecule has 6 nitrogen and oxygen atoms in total. The van der Waals surface area contributed by atoms with Gasteiger partial charge in [0, 0.05) is 11.1 Å². The van der Waals surface area contributed by atoms with Gasteiger partial charge in [0.15, 0.2) is 11.5 Å². The van der Waals surface area contributed by atoms with Gasteiger partial charge in [-0.05, 0) is 17.2 Å². The van der Waals surface area contributed by atoms with E-state index in [1.165, 1.54) is 21.3 Å². The summed E-state index contributed by atoms with van der Waals surface area (Å²) in [5, 5.41) is 5.63. The molecule has 3 aromatic rings. The second kappa shape index (κ2) is 9.02. The minimum Gasteiger partial charge on any atom is -0.492 e. The Kier molecular flexibility index (Phi) is 6.44. The first kappa shape index (κ1) is 21.4. The lowest BCUT2D eigenvalue weighted by Crippen LogP contribution is -2.16. The second-order valence-electron chi connectivity index (χ2n) is 6.37. The highest BCUT2D eigenvalue weighted by Gasteiger charge is 2.31.